The number of aromatic nitrogens is 2. The highest BCUT2D eigenvalue weighted by molar-refractivity contribution is 5.97. The first-order valence-corrected chi connectivity index (χ1v) is 9.43. The molecule has 1 amide bonds. The van der Waals surface area contributed by atoms with E-state index in [9.17, 15) is 4.79 Å². The second-order valence-electron chi connectivity index (χ2n) is 7.65. The Labute approximate surface area is 154 Å². The minimum Gasteiger partial charge on any atom is -0.381 e. The van der Waals surface area contributed by atoms with Crippen molar-refractivity contribution in [2.45, 2.75) is 31.2 Å². The van der Waals surface area contributed by atoms with Crippen molar-refractivity contribution in [1.29, 1.82) is 0 Å². The Morgan fingerprint density at radius 1 is 1.15 bits per heavy atom. The van der Waals surface area contributed by atoms with Crippen LogP contribution in [0.4, 0.5) is 11.4 Å². The van der Waals surface area contributed by atoms with Crippen molar-refractivity contribution >= 4 is 17.3 Å². The van der Waals surface area contributed by atoms with Gasteiger partial charge in [0.25, 0.3) is 0 Å². The number of nitrogens with zero attached hydrogens (tertiary/aromatic N) is 3. The molecule has 0 unspecified atom stereocenters. The molecule has 2 atom stereocenters. The van der Waals surface area contributed by atoms with E-state index in [4.69, 9.17) is 0 Å². The zero-order chi connectivity index (χ0) is 18.1. The van der Waals surface area contributed by atoms with Gasteiger partial charge in [0.1, 0.15) is 0 Å². The standard InChI is InChI=1S/C20H27N5O/c1-24-9-7-15(8-10-24)22-18-5-3-4-6-19(18)23-20(26)17-11-16(17)14-12-21-25(2)13-14/h3-6,12-13,15-17,22H,7-11H2,1-2H3,(H,23,26)/t16-,17+/m0/s1. The van der Waals surface area contributed by atoms with Crippen molar-refractivity contribution in [2.24, 2.45) is 13.0 Å². The monoisotopic (exact) mass is 353 g/mol. The molecule has 1 aliphatic heterocycles. The second-order valence-corrected chi connectivity index (χ2v) is 7.65. The van der Waals surface area contributed by atoms with Crippen LogP contribution < -0.4 is 10.6 Å². The normalized spacial score (nSPS) is 23.6. The lowest BCUT2D eigenvalue weighted by molar-refractivity contribution is -0.117. The first-order chi connectivity index (χ1) is 12.6. The minimum absolute atomic E-state index is 0.0515. The fraction of sp³-hybridized carbons (Fsp3) is 0.500. The van der Waals surface area contributed by atoms with Gasteiger partial charge in [-0.15, -0.1) is 0 Å². The van der Waals surface area contributed by atoms with E-state index in [0.29, 0.717) is 12.0 Å². The second kappa shape index (κ2) is 7.11. The lowest BCUT2D eigenvalue weighted by atomic mass is 10.0. The minimum atomic E-state index is 0.0515. The summed E-state index contributed by atoms with van der Waals surface area (Å²) in [4.78, 5) is 15.0. The van der Waals surface area contributed by atoms with Crippen LogP contribution in [0.2, 0.25) is 0 Å². The molecule has 2 heterocycles. The van der Waals surface area contributed by atoms with E-state index in [2.05, 4.69) is 33.7 Å². The number of para-hydroxylation sites is 2. The highest BCUT2D eigenvalue weighted by Gasteiger charge is 2.44. The van der Waals surface area contributed by atoms with Crippen LogP contribution in [0.1, 0.15) is 30.7 Å². The molecule has 1 saturated heterocycles. The molecule has 2 aromatic rings. The van der Waals surface area contributed by atoms with Crippen LogP contribution in [0.3, 0.4) is 0 Å². The third kappa shape index (κ3) is 3.75. The maximum atomic E-state index is 12.7. The van der Waals surface area contributed by atoms with Crippen LogP contribution in [0.5, 0.6) is 0 Å². The van der Waals surface area contributed by atoms with Crippen molar-refractivity contribution in [3.8, 4) is 0 Å². The van der Waals surface area contributed by atoms with Gasteiger partial charge in [-0.2, -0.15) is 5.10 Å². The molecule has 1 saturated carbocycles. The van der Waals surface area contributed by atoms with E-state index in [0.717, 1.165) is 49.3 Å². The van der Waals surface area contributed by atoms with Crippen LogP contribution in [-0.4, -0.2) is 46.8 Å². The number of aryl methyl sites for hydroxylation is 1. The molecule has 0 bridgehead atoms. The molecule has 6 heteroatoms. The zero-order valence-electron chi connectivity index (χ0n) is 15.5. The summed E-state index contributed by atoms with van der Waals surface area (Å²) in [6.45, 7) is 2.22. The van der Waals surface area contributed by atoms with Crippen LogP contribution in [0, 0.1) is 5.92 Å². The summed E-state index contributed by atoms with van der Waals surface area (Å²) in [5.41, 5.74) is 3.06. The lowest BCUT2D eigenvalue weighted by Crippen LogP contribution is -2.36. The molecule has 138 valence electrons. The molecule has 2 aliphatic rings. The first-order valence-electron chi connectivity index (χ1n) is 9.43. The van der Waals surface area contributed by atoms with Gasteiger partial charge in [-0.05, 0) is 63.0 Å². The lowest BCUT2D eigenvalue weighted by Gasteiger charge is -2.30. The summed E-state index contributed by atoms with van der Waals surface area (Å²) in [6, 6.07) is 8.49. The highest BCUT2D eigenvalue weighted by Crippen LogP contribution is 2.48. The molecule has 0 radical (unpaired) electrons. The number of hydrogen-bond acceptors (Lipinski definition) is 4. The fourth-order valence-electron chi connectivity index (χ4n) is 3.80. The van der Waals surface area contributed by atoms with Crippen LogP contribution in [0.15, 0.2) is 36.7 Å². The third-order valence-electron chi connectivity index (χ3n) is 5.54. The van der Waals surface area contributed by atoms with Gasteiger partial charge in [-0.3, -0.25) is 9.48 Å². The Morgan fingerprint density at radius 2 is 1.88 bits per heavy atom. The number of piperidine rings is 1. The molecular formula is C20H27N5O. The number of likely N-dealkylation sites (tertiary alicyclic amines) is 1. The van der Waals surface area contributed by atoms with Crippen molar-refractivity contribution in [2.75, 3.05) is 30.8 Å². The molecule has 4 rings (SSSR count). The van der Waals surface area contributed by atoms with Gasteiger partial charge in [-0.1, -0.05) is 12.1 Å². The first kappa shape index (κ1) is 17.1. The predicted molar refractivity (Wildman–Crippen MR) is 103 cm³/mol. The van der Waals surface area contributed by atoms with E-state index in [1.165, 1.54) is 0 Å². The Bertz CT molecular complexity index is 778. The summed E-state index contributed by atoms with van der Waals surface area (Å²) in [6.07, 6.45) is 7.04. The number of hydrogen-bond donors (Lipinski definition) is 2. The maximum Gasteiger partial charge on any atom is 0.228 e. The van der Waals surface area contributed by atoms with Crippen LogP contribution in [0.25, 0.3) is 0 Å². The number of benzene rings is 1. The van der Waals surface area contributed by atoms with E-state index >= 15 is 0 Å². The maximum absolute atomic E-state index is 12.7. The molecule has 1 aromatic carbocycles. The summed E-state index contributed by atoms with van der Waals surface area (Å²) < 4.78 is 1.80. The SMILES string of the molecule is CN1CCC(Nc2ccccc2NC(=O)[C@@H]2C[C@H]2c2cnn(C)c2)CC1. The Hall–Kier alpha value is -2.34. The summed E-state index contributed by atoms with van der Waals surface area (Å²) in [7, 11) is 4.07. The molecule has 1 aromatic heterocycles. The predicted octanol–water partition coefficient (Wildman–Crippen LogP) is 2.67. The number of anilines is 2. The third-order valence-corrected chi connectivity index (χ3v) is 5.54. The molecule has 2 N–H and O–H groups in total. The molecule has 0 spiro atoms. The van der Waals surface area contributed by atoms with Crippen molar-refractivity contribution in [3.05, 3.63) is 42.2 Å². The Morgan fingerprint density at radius 3 is 2.58 bits per heavy atom. The van der Waals surface area contributed by atoms with E-state index in [-0.39, 0.29) is 11.8 Å². The Kier molecular flexibility index (Phi) is 4.68. The van der Waals surface area contributed by atoms with Crippen LogP contribution in [-0.2, 0) is 11.8 Å². The number of carbonyl (C=O) groups is 1. The number of amides is 1. The molecule has 2 fully saturated rings. The largest absolute Gasteiger partial charge is 0.381 e. The molecular weight excluding hydrogens is 326 g/mol. The zero-order valence-corrected chi connectivity index (χ0v) is 15.5. The number of rotatable bonds is 5. The van der Waals surface area contributed by atoms with Crippen molar-refractivity contribution < 1.29 is 4.79 Å². The van der Waals surface area contributed by atoms with Gasteiger partial charge in [0, 0.05) is 25.2 Å². The Balaban J connectivity index is 1.38. The summed E-state index contributed by atoms with van der Waals surface area (Å²) >= 11 is 0. The van der Waals surface area contributed by atoms with Crippen LogP contribution >= 0.6 is 0 Å². The van der Waals surface area contributed by atoms with Gasteiger partial charge in [0.2, 0.25) is 5.91 Å². The van der Waals surface area contributed by atoms with Gasteiger partial charge in [0.15, 0.2) is 0 Å². The molecule has 6 nitrogen and oxygen atoms in total. The van der Waals surface area contributed by atoms with Crippen molar-refractivity contribution in [3.63, 3.8) is 0 Å². The summed E-state index contributed by atoms with van der Waals surface area (Å²) in [5.74, 6) is 0.463. The molecule has 1 aliphatic carbocycles. The molecule has 26 heavy (non-hydrogen) atoms. The van der Waals surface area contributed by atoms with Gasteiger partial charge in [-0.25, -0.2) is 0 Å². The van der Waals surface area contributed by atoms with E-state index < -0.39 is 0 Å². The smallest absolute Gasteiger partial charge is 0.228 e. The summed E-state index contributed by atoms with van der Waals surface area (Å²) in [5, 5.41) is 11.0. The number of nitrogens with one attached hydrogen (secondary N) is 2. The van der Waals surface area contributed by atoms with Gasteiger partial charge in [0.05, 0.1) is 17.6 Å². The van der Waals surface area contributed by atoms with Gasteiger partial charge < -0.3 is 15.5 Å². The average molecular weight is 353 g/mol. The topological polar surface area (TPSA) is 62.2 Å². The average Bonchev–Trinajstić information content (AvgIpc) is 3.33. The number of carbonyl (C=O) groups excluding carboxylic acids is 1. The van der Waals surface area contributed by atoms with Gasteiger partial charge >= 0.3 is 0 Å². The quantitative estimate of drug-likeness (QED) is 0.868. The fourth-order valence-corrected chi connectivity index (χ4v) is 3.80. The highest BCUT2D eigenvalue weighted by atomic mass is 16.2. The van der Waals surface area contributed by atoms with E-state index in [1.54, 1.807) is 4.68 Å². The van der Waals surface area contributed by atoms with Crippen molar-refractivity contribution in [1.82, 2.24) is 14.7 Å². The van der Waals surface area contributed by atoms with E-state index in [1.807, 2.05) is 37.6 Å².